The van der Waals surface area contributed by atoms with Gasteiger partial charge in [0, 0.05) is 11.0 Å². The lowest BCUT2D eigenvalue weighted by molar-refractivity contribution is 0.306. The number of rotatable bonds is 4. The lowest BCUT2D eigenvalue weighted by Gasteiger charge is -2.10. The summed E-state index contributed by atoms with van der Waals surface area (Å²) in [4.78, 5) is 4.47. The summed E-state index contributed by atoms with van der Waals surface area (Å²) >= 11 is 0. The summed E-state index contributed by atoms with van der Waals surface area (Å²) in [5.74, 6) is 2.06. The van der Waals surface area contributed by atoms with Gasteiger partial charge in [0.15, 0.2) is 0 Å². The lowest BCUT2D eigenvalue weighted by Crippen LogP contribution is -2.11. The molecule has 0 aliphatic heterocycles. The number of nitrogens with zero attached hydrogens (tertiary/aromatic N) is 2. The molecule has 1 aromatic heterocycles. The fraction of sp³-hybridized carbons (Fsp3) is 0.300. The van der Waals surface area contributed by atoms with Gasteiger partial charge in [0.05, 0.1) is 0 Å². The molecule has 3 rings (SSSR count). The van der Waals surface area contributed by atoms with E-state index in [9.17, 15) is 0 Å². The first-order chi connectivity index (χ1) is 11.4. The zero-order valence-electron chi connectivity index (χ0n) is 14.5. The molecular weight excluding hydrogens is 300 g/mol. The van der Waals surface area contributed by atoms with Crippen LogP contribution in [-0.4, -0.2) is 10.1 Å². The molecule has 3 aromatic rings. The van der Waals surface area contributed by atoms with Crippen LogP contribution in [-0.2, 0) is 12.0 Å². The van der Waals surface area contributed by atoms with Crippen molar-refractivity contribution in [2.45, 2.75) is 39.7 Å². The average Bonchev–Trinajstić information content (AvgIpc) is 3.04. The molecule has 0 radical (unpaired) electrons. The molecule has 0 spiro atoms. The number of aromatic nitrogens is 2. The van der Waals surface area contributed by atoms with Crippen molar-refractivity contribution in [2.24, 2.45) is 0 Å². The number of benzene rings is 2. The molecule has 0 amide bonds. The third-order valence-corrected chi connectivity index (χ3v) is 3.67. The Kier molecular flexibility index (Phi) is 4.38. The van der Waals surface area contributed by atoms with Crippen LogP contribution in [0.3, 0.4) is 0 Å². The Bertz CT molecular complexity index is 814. The Balaban J connectivity index is 1.68. The fourth-order valence-electron chi connectivity index (χ4n) is 2.31. The van der Waals surface area contributed by atoms with Crippen molar-refractivity contribution in [3.8, 4) is 17.1 Å². The monoisotopic (exact) mass is 322 g/mol. The fourth-order valence-corrected chi connectivity index (χ4v) is 2.31. The summed E-state index contributed by atoms with van der Waals surface area (Å²) in [7, 11) is 0. The lowest BCUT2D eigenvalue weighted by atomic mass is 9.97. The van der Waals surface area contributed by atoms with Crippen molar-refractivity contribution in [1.29, 1.82) is 0 Å². The molecule has 2 aromatic carbocycles. The van der Waals surface area contributed by atoms with Crippen LogP contribution >= 0.6 is 0 Å². The molecule has 0 bridgehead atoms. The van der Waals surface area contributed by atoms with E-state index < -0.39 is 0 Å². The maximum Gasteiger partial charge on any atom is 0.232 e. The largest absolute Gasteiger partial charge is 0.489 e. The zero-order chi connectivity index (χ0) is 17.2. The van der Waals surface area contributed by atoms with Crippen LogP contribution in [0.15, 0.2) is 53.1 Å². The Morgan fingerprint density at radius 2 is 1.79 bits per heavy atom. The first-order valence-corrected chi connectivity index (χ1v) is 8.05. The van der Waals surface area contributed by atoms with E-state index in [4.69, 9.17) is 9.26 Å². The third-order valence-electron chi connectivity index (χ3n) is 3.67. The molecule has 24 heavy (non-hydrogen) atoms. The standard InChI is InChI=1S/C20H22N2O2/c1-14-6-5-7-15(12-14)13-23-17-10-8-16(9-11-17)18-21-19(24-22-18)20(2,3)4/h5-12H,13H2,1-4H3. The van der Waals surface area contributed by atoms with Crippen molar-refractivity contribution in [3.05, 3.63) is 65.5 Å². The number of aryl methyl sites for hydroxylation is 1. The van der Waals surface area contributed by atoms with Gasteiger partial charge in [-0.05, 0) is 36.8 Å². The van der Waals surface area contributed by atoms with Crippen LogP contribution < -0.4 is 4.74 Å². The minimum Gasteiger partial charge on any atom is -0.489 e. The van der Waals surface area contributed by atoms with Gasteiger partial charge in [0.2, 0.25) is 11.7 Å². The SMILES string of the molecule is Cc1cccc(COc2ccc(-c3noc(C(C)(C)C)n3)cc2)c1. The summed E-state index contributed by atoms with van der Waals surface area (Å²) in [6.07, 6.45) is 0. The highest BCUT2D eigenvalue weighted by molar-refractivity contribution is 5.55. The van der Waals surface area contributed by atoms with Gasteiger partial charge in [-0.25, -0.2) is 0 Å². The Morgan fingerprint density at radius 1 is 1.04 bits per heavy atom. The molecule has 0 aliphatic carbocycles. The van der Waals surface area contributed by atoms with E-state index in [0.29, 0.717) is 18.3 Å². The molecule has 0 saturated carbocycles. The zero-order valence-corrected chi connectivity index (χ0v) is 14.5. The van der Waals surface area contributed by atoms with Crippen LogP contribution in [0, 0.1) is 6.92 Å². The van der Waals surface area contributed by atoms with Gasteiger partial charge >= 0.3 is 0 Å². The molecule has 0 fully saturated rings. The first-order valence-electron chi connectivity index (χ1n) is 8.05. The van der Waals surface area contributed by atoms with Gasteiger partial charge in [-0.3, -0.25) is 0 Å². The van der Waals surface area contributed by atoms with E-state index in [1.165, 1.54) is 5.56 Å². The van der Waals surface area contributed by atoms with Gasteiger partial charge in [-0.1, -0.05) is 55.8 Å². The van der Waals surface area contributed by atoms with Crippen molar-refractivity contribution >= 4 is 0 Å². The van der Waals surface area contributed by atoms with E-state index in [1.807, 2.05) is 51.1 Å². The molecular formula is C20H22N2O2. The second-order valence-corrected chi connectivity index (χ2v) is 6.98. The molecule has 4 heteroatoms. The van der Waals surface area contributed by atoms with Crippen LogP contribution in [0.2, 0.25) is 0 Å². The summed E-state index contributed by atoms with van der Waals surface area (Å²) in [6, 6.07) is 16.1. The summed E-state index contributed by atoms with van der Waals surface area (Å²) in [5, 5.41) is 4.06. The molecule has 0 N–H and O–H groups in total. The molecule has 1 heterocycles. The minimum atomic E-state index is -0.151. The van der Waals surface area contributed by atoms with Crippen molar-refractivity contribution in [3.63, 3.8) is 0 Å². The smallest absolute Gasteiger partial charge is 0.232 e. The van der Waals surface area contributed by atoms with Gasteiger partial charge in [-0.15, -0.1) is 0 Å². The quantitative estimate of drug-likeness (QED) is 0.684. The molecule has 124 valence electrons. The summed E-state index contributed by atoms with van der Waals surface area (Å²) in [5.41, 5.74) is 3.16. The van der Waals surface area contributed by atoms with Gasteiger partial charge < -0.3 is 9.26 Å². The molecule has 4 nitrogen and oxygen atoms in total. The highest BCUT2D eigenvalue weighted by atomic mass is 16.5. The van der Waals surface area contributed by atoms with Crippen LogP contribution in [0.5, 0.6) is 5.75 Å². The topological polar surface area (TPSA) is 48.2 Å². The van der Waals surface area contributed by atoms with Crippen molar-refractivity contribution in [2.75, 3.05) is 0 Å². The Hall–Kier alpha value is -2.62. The highest BCUT2D eigenvalue weighted by Crippen LogP contribution is 2.25. The number of ether oxygens (including phenoxy) is 1. The minimum absolute atomic E-state index is 0.151. The van der Waals surface area contributed by atoms with E-state index in [-0.39, 0.29) is 5.41 Å². The molecule has 0 saturated heterocycles. The normalized spacial score (nSPS) is 11.5. The summed E-state index contributed by atoms with van der Waals surface area (Å²) in [6.45, 7) is 8.78. The first kappa shape index (κ1) is 16.2. The van der Waals surface area contributed by atoms with E-state index in [0.717, 1.165) is 16.9 Å². The number of hydrogen-bond acceptors (Lipinski definition) is 4. The Labute approximate surface area is 142 Å². The molecule has 0 atom stereocenters. The number of hydrogen-bond donors (Lipinski definition) is 0. The maximum absolute atomic E-state index is 5.83. The predicted octanol–water partition coefficient (Wildman–Crippen LogP) is 4.92. The maximum atomic E-state index is 5.83. The third kappa shape index (κ3) is 3.82. The van der Waals surface area contributed by atoms with Crippen LogP contribution in [0.4, 0.5) is 0 Å². The van der Waals surface area contributed by atoms with Crippen LogP contribution in [0.25, 0.3) is 11.4 Å². The molecule has 0 unspecified atom stereocenters. The Morgan fingerprint density at radius 3 is 2.42 bits per heavy atom. The van der Waals surface area contributed by atoms with E-state index in [2.05, 4.69) is 35.3 Å². The van der Waals surface area contributed by atoms with Crippen molar-refractivity contribution in [1.82, 2.24) is 10.1 Å². The second-order valence-electron chi connectivity index (χ2n) is 6.98. The summed E-state index contributed by atoms with van der Waals surface area (Å²) < 4.78 is 11.2. The van der Waals surface area contributed by atoms with Crippen molar-refractivity contribution < 1.29 is 9.26 Å². The predicted molar refractivity (Wildman–Crippen MR) is 93.9 cm³/mol. The molecule has 0 aliphatic rings. The highest BCUT2D eigenvalue weighted by Gasteiger charge is 2.22. The van der Waals surface area contributed by atoms with Crippen LogP contribution in [0.1, 0.15) is 37.8 Å². The average molecular weight is 322 g/mol. The van der Waals surface area contributed by atoms with E-state index in [1.54, 1.807) is 0 Å². The second kappa shape index (κ2) is 6.48. The van der Waals surface area contributed by atoms with Gasteiger partial charge in [-0.2, -0.15) is 4.98 Å². The van der Waals surface area contributed by atoms with Gasteiger partial charge in [0.25, 0.3) is 0 Å². The van der Waals surface area contributed by atoms with Gasteiger partial charge in [0.1, 0.15) is 12.4 Å². The van der Waals surface area contributed by atoms with E-state index >= 15 is 0 Å².